The highest BCUT2D eigenvalue weighted by Crippen LogP contribution is 2.39. The SMILES string of the molecule is Cc1nc(CN2CCC(N3C=CC(O)c4cnc5[nH]ccc5c43)CC2)cs1. The second-order valence-corrected chi connectivity index (χ2v) is 8.42. The van der Waals surface area contributed by atoms with E-state index in [1.165, 1.54) is 5.69 Å². The van der Waals surface area contributed by atoms with E-state index in [1.807, 2.05) is 12.3 Å². The number of nitrogens with zero attached hydrogens (tertiary/aromatic N) is 4. The first-order valence-corrected chi connectivity index (χ1v) is 10.3. The Labute approximate surface area is 162 Å². The van der Waals surface area contributed by atoms with E-state index in [-0.39, 0.29) is 0 Å². The smallest absolute Gasteiger partial charge is 0.139 e. The topological polar surface area (TPSA) is 68.3 Å². The minimum Gasteiger partial charge on any atom is -0.384 e. The summed E-state index contributed by atoms with van der Waals surface area (Å²) >= 11 is 1.72. The molecule has 7 heteroatoms. The zero-order valence-electron chi connectivity index (χ0n) is 15.3. The number of hydrogen-bond acceptors (Lipinski definition) is 6. The van der Waals surface area contributed by atoms with Crippen LogP contribution in [0, 0.1) is 6.92 Å². The van der Waals surface area contributed by atoms with Gasteiger partial charge in [0.2, 0.25) is 0 Å². The molecule has 0 aromatic carbocycles. The predicted octanol–water partition coefficient (Wildman–Crippen LogP) is 3.36. The lowest BCUT2D eigenvalue weighted by molar-refractivity contribution is 0.200. The molecule has 2 aliphatic rings. The Morgan fingerprint density at radius 2 is 2.19 bits per heavy atom. The van der Waals surface area contributed by atoms with Crippen LogP contribution in [-0.4, -0.2) is 44.1 Å². The van der Waals surface area contributed by atoms with Gasteiger partial charge in [-0.1, -0.05) is 0 Å². The average molecular weight is 382 g/mol. The summed E-state index contributed by atoms with van der Waals surface area (Å²) in [6.45, 7) is 5.12. The fourth-order valence-electron chi connectivity index (χ4n) is 4.24. The molecule has 2 aliphatic heterocycles. The van der Waals surface area contributed by atoms with Crippen molar-refractivity contribution in [2.75, 3.05) is 18.0 Å². The molecule has 5 heterocycles. The maximum atomic E-state index is 10.4. The number of aryl methyl sites for hydroxylation is 1. The summed E-state index contributed by atoms with van der Waals surface area (Å²) in [7, 11) is 0. The van der Waals surface area contributed by atoms with Crippen LogP contribution in [0.15, 0.2) is 36.1 Å². The average Bonchev–Trinajstić information content (AvgIpc) is 3.31. The van der Waals surface area contributed by atoms with Crippen molar-refractivity contribution in [3.63, 3.8) is 0 Å². The fraction of sp³-hybridized carbons (Fsp3) is 0.400. The minimum atomic E-state index is -0.587. The molecular formula is C20H23N5OS. The van der Waals surface area contributed by atoms with Crippen LogP contribution in [0.3, 0.4) is 0 Å². The molecule has 1 atom stereocenters. The molecule has 3 aromatic rings. The summed E-state index contributed by atoms with van der Waals surface area (Å²) in [6.07, 6.45) is 9.25. The normalized spacial score (nSPS) is 21.1. The van der Waals surface area contributed by atoms with Crippen LogP contribution in [0.2, 0.25) is 0 Å². The van der Waals surface area contributed by atoms with Gasteiger partial charge in [0.25, 0.3) is 0 Å². The number of fused-ring (bicyclic) bond motifs is 3. The van der Waals surface area contributed by atoms with Crippen molar-refractivity contribution in [3.05, 3.63) is 52.4 Å². The highest BCUT2D eigenvalue weighted by atomic mass is 32.1. The van der Waals surface area contributed by atoms with E-state index in [1.54, 1.807) is 17.5 Å². The van der Waals surface area contributed by atoms with Crippen molar-refractivity contribution in [3.8, 4) is 0 Å². The number of rotatable bonds is 3. The molecule has 1 fully saturated rings. The number of piperidine rings is 1. The molecular weight excluding hydrogens is 358 g/mol. The second kappa shape index (κ2) is 6.74. The molecule has 0 amide bonds. The molecule has 0 aliphatic carbocycles. The summed E-state index contributed by atoms with van der Waals surface area (Å²) < 4.78 is 0. The summed E-state index contributed by atoms with van der Waals surface area (Å²) in [6, 6.07) is 2.49. The monoisotopic (exact) mass is 381 g/mol. The van der Waals surface area contributed by atoms with Gasteiger partial charge in [-0.2, -0.15) is 0 Å². The Kier molecular flexibility index (Phi) is 4.22. The van der Waals surface area contributed by atoms with Crippen molar-refractivity contribution < 1.29 is 5.11 Å². The van der Waals surface area contributed by atoms with E-state index < -0.39 is 6.10 Å². The van der Waals surface area contributed by atoms with Gasteiger partial charge in [-0.25, -0.2) is 9.97 Å². The lowest BCUT2D eigenvalue weighted by Crippen LogP contribution is -2.43. The molecule has 1 unspecified atom stereocenters. The standard InChI is InChI=1S/C20H23N5OS/c1-13-23-14(12-27-13)11-24-7-3-15(4-8-24)25-9-5-18(26)17-10-22-20-16(19(17)25)2-6-21-20/h2,5-6,9-10,12,15,18,26H,3-4,7-8,11H2,1H3,(H,21,22). The Bertz CT molecular complexity index is 985. The fourth-order valence-corrected chi connectivity index (χ4v) is 4.84. The number of pyridine rings is 1. The molecule has 0 spiro atoms. The van der Waals surface area contributed by atoms with Crippen LogP contribution < -0.4 is 4.90 Å². The predicted molar refractivity (Wildman–Crippen MR) is 108 cm³/mol. The maximum absolute atomic E-state index is 10.4. The van der Waals surface area contributed by atoms with E-state index in [0.29, 0.717) is 6.04 Å². The maximum Gasteiger partial charge on any atom is 0.139 e. The number of aromatic nitrogens is 3. The molecule has 27 heavy (non-hydrogen) atoms. The van der Waals surface area contributed by atoms with Crippen molar-refractivity contribution in [2.24, 2.45) is 0 Å². The van der Waals surface area contributed by atoms with Gasteiger partial charge >= 0.3 is 0 Å². The summed E-state index contributed by atoms with van der Waals surface area (Å²) in [5, 5.41) is 14.8. The van der Waals surface area contributed by atoms with Gasteiger partial charge in [0.1, 0.15) is 11.8 Å². The number of likely N-dealkylation sites (tertiary alicyclic amines) is 1. The van der Waals surface area contributed by atoms with Crippen molar-refractivity contribution in [1.82, 2.24) is 19.9 Å². The number of hydrogen-bond donors (Lipinski definition) is 2. The zero-order chi connectivity index (χ0) is 18.4. The Balaban J connectivity index is 1.36. The van der Waals surface area contributed by atoms with Crippen LogP contribution in [0.4, 0.5) is 5.69 Å². The number of thiazole rings is 1. The third kappa shape index (κ3) is 3.05. The minimum absolute atomic E-state index is 0.432. The largest absolute Gasteiger partial charge is 0.384 e. The molecule has 5 rings (SSSR count). The van der Waals surface area contributed by atoms with Gasteiger partial charge in [-0.05, 0) is 31.9 Å². The van der Waals surface area contributed by atoms with Gasteiger partial charge in [-0.3, -0.25) is 4.90 Å². The first kappa shape index (κ1) is 16.9. The molecule has 0 bridgehead atoms. The van der Waals surface area contributed by atoms with E-state index >= 15 is 0 Å². The van der Waals surface area contributed by atoms with Crippen molar-refractivity contribution in [1.29, 1.82) is 0 Å². The Hall–Kier alpha value is -2.22. The summed E-state index contributed by atoms with van der Waals surface area (Å²) in [5.41, 5.74) is 4.05. The first-order chi connectivity index (χ1) is 13.2. The number of H-pyrrole nitrogens is 1. The number of anilines is 1. The second-order valence-electron chi connectivity index (χ2n) is 7.36. The van der Waals surface area contributed by atoms with E-state index in [9.17, 15) is 5.11 Å². The van der Waals surface area contributed by atoms with Gasteiger partial charge < -0.3 is 15.0 Å². The van der Waals surface area contributed by atoms with Crippen LogP contribution >= 0.6 is 11.3 Å². The van der Waals surface area contributed by atoms with Gasteiger partial charge in [0.05, 0.1) is 16.4 Å². The van der Waals surface area contributed by atoms with Crippen molar-refractivity contribution in [2.45, 2.75) is 38.5 Å². The highest BCUT2D eigenvalue weighted by molar-refractivity contribution is 7.09. The van der Waals surface area contributed by atoms with E-state index in [2.05, 4.69) is 49.3 Å². The molecule has 0 saturated carbocycles. The van der Waals surface area contributed by atoms with Crippen molar-refractivity contribution >= 4 is 28.1 Å². The Morgan fingerprint density at radius 3 is 2.96 bits per heavy atom. The van der Waals surface area contributed by atoms with Crippen LogP contribution in [-0.2, 0) is 6.54 Å². The van der Waals surface area contributed by atoms with Crippen LogP contribution in [0.25, 0.3) is 11.0 Å². The Morgan fingerprint density at radius 1 is 1.33 bits per heavy atom. The molecule has 1 saturated heterocycles. The van der Waals surface area contributed by atoms with Gasteiger partial charge in [0, 0.05) is 60.6 Å². The molecule has 3 aromatic heterocycles. The van der Waals surface area contributed by atoms with Gasteiger partial charge in [-0.15, -0.1) is 11.3 Å². The summed E-state index contributed by atoms with van der Waals surface area (Å²) in [4.78, 5) is 17.1. The highest BCUT2D eigenvalue weighted by Gasteiger charge is 2.30. The molecule has 140 valence electrons. The lowest BCUT2D eigenvalue weighted by atomic mass is 9.97. The molecule has 0 radical (unpaired) electrons. The number of aromatic amines is 1. The molecule has 6 nitrogen and oxygen atoms in total. The lowest BCUT2D eigenvalue weighted by Gasteiger charge is -2.40. The van der Waals surface area contributed by atoms with Gasteiger partial charge in [0.15, 0.2) is 0 Å². The van der Waals surface area contributed by atoms with E-state index in [4.69, 9.17) is 0 Å². The van der Waals surface area contributed by atoms with Crippen LogP contribution in [0.1, 0.15) is 35.2 Å². The van der Waals surface area contributed by atoms with Crippen LogP contribution in [0.5, 0.6) is 0 Å². The quantitative estimate of drug-likeness (QED) is 0.728. The summed E-state index contributed by atoms with van der Waals surface area (Å²) in [5.74, 6) is 0. The molecule has 2 N–H and O–H groups in total. The first-order valence-electron chi connectivity index (χ1n) is 9.43. The third-order valence-corrected chi connectivity index (χ3v) is 6.42. The van der Waals surface area contributed by atoms with E-state index in [0.717, 1.165) is 59.8 Å². The number of aliphatic hydroxyl groups is 1. The zero-order valence-corrected chi connectivity index (χ0v) is 16.1. The third-order valence-electron chi connectivity index (χ3n) is 5.59. The number of nitrogens with one attached hydrogen (secondary N) is 1. The number of aliphatic hydroxyl groups excluding tert-OH is 1.